The molecule has 0 spiro atoms. The van der Waals surface area contributed by atoms with E-state index in [1.54, 1.807) is 0 Å². The zero-order valence-electron chi connectivity index (χ0n) is 13.5. The zero-order chi connectivity index (χ0) is 14.3. The molecule has 0 aliphatic rings. The van der Waals surface area contributed by atoms with Crippen molar-refractivity contribution >= 4 is 18.6 Å². The normalized spacial score (nSPS) is 11.8. The van der Waals surface area contributed by atoms with Gasteiger partial charge >= 0.3 is 5.97 Å². The van der Waals surface area contributed by atoms with E-state index in [1.165, 1.54) is 57.8 Å². The van der Waals surface area contributed by atoms with Crippen LogP contribution >= 0.6 is 12.6 Å². The Hall–Kier alpha value is 0.443. The molecule has 2 nitrogen and oxygen atoms in total. The second-order valence-electron chi connectivity index (χ2n) is 5.24. The molecule has 20 heavy (non-hydrogen) atoms. The van der Waals surface area contributed by atoms with Crippen LogP contribution in [-0.2, 0) is 29.0 Å². The Morgan fingerprint density at radius 3 is 1.80 bits per heavy atom. The standard InChI is InChI=1S/C16H32O2S.Zn/c1-3-5-6-7-8-9-10-11-12-13-14-15(19)16(17)18-4-2;/h15,19H,3-14H2,1-2H3;. The Morgan fingerprint density at radius 1 is 0.900 bits per heavy atom. The van der Waals surface area contributed by atoms with Crippen LogP contribution in [0.25, 0.3) is 0 Å². The van der Waals surface area contributed by atoms with E-state index >= 15 is 0 Å². The molecule has 0 fully saturated rings. The fourth-order valence-corrected chi connectivity index (χ4v) is 2.44. The van der Waals surface area contributed by atoms with Crippen molar-refractivity contribution in [2.45, 2.75) is 89.7 Å². The summed E-state index contributed by atoms with van der Waals surface area (Å²) in [5.74, 6) is -0.165. The Kier molecular flexibility index (Phi) is 19.9. The largest absolute Gasteiger partial charge is 0.465 e. The van der Waals surface area contributed by atoms with Gasteiger partial charge in [-0.15, -0.1) is 0 Å². The molecular formula is C16H32O2SZn. The summed E-state index contributed by atoms with van der Waals surface area (Å²) in [4.78, 5) is 11.3. The molecule has 0 heterocycles. The minimum atomic E-state index is -0.228. The van der Waals surface area contributed by atoms with Crippen LogP contribution in [0.5, 0.6) is 0 Å². The molecule has 0 aromatic rings. The van der Waals surface area contributed by atoms with Crippen LogP contribution in [0, 0.1) is 0 Å². The summed E-state index contributed by atoms with van der Waals surface area (Å²) in [6, 6.07) is 0. The van der Waals surface area contributed by atoms with Gasteiger partial charge in [0.25, 0.3) is 0 Å². The molecule has 0 saturated heterocycles. The number of thiol groups is 1. The van der Waals surface area contributed by atoms with Gasteiger partial charge in [-0.05, 0) is 13.3 Å². The van der Waals surface area contributed by atoms with Gasteiger partial charge in [0.05, 0.1) is 11.9 Å². The third kappa shape index (κ3) is 14.8. The molecule has 116 valence electrons. The van der Waals surface area contributed by atoms with Crippen molar-refractivity contribution < 1.29 is 29.0 Å². The van der Waals surface area contributed by atoms with Crippen molar-refractivity contribution in [3.05, 3.63) is 0 Å². The quantitative estimate of drug-likeness (QED) is 0.214. The zero-order valence-corrected chi connectivity index (χ0v) is 17.4. The number of hydrogen-bond donors (Lipinski definition) is 1. The van der Waals surface area contributed by atoms with E-state index in [9.17, 15) is 4.79 Å². The van der Waals surface area contributed by atoms with Crippen molar-refractivity contribution in [1.82, 2.24) is 0 Å². The summed E-state index contributed by atoms with van der Waals surface area (Å²) in [5.41, 5.74) is 0. The van der Waals surface area contributed by atoms with Crippen LogP contribution in [0.4, 0.5) is 0 Å². The van der Waals surface area contributed by atoms with E-state index in [0.717, 1.165) is 12.8 Å². The first kappa shape index (κ1) is 22.7. The molecule has 0 aromatic carbocycles. The number of ether oxygens (including phenoxy) is 1. The average Bonchev–Trinajstić information content (AvgIpc) is 2.41. The molecule has 0 aliphatic carbocycles. The van der Waals surface area contributed by atoms with Gasteiger partial charge in [-0.25, -0.2) is 0 Å². The van der Waals surface area contributed by atoms with Crippen molar-refractivity contribution in [1.29, 1.82) is 0 Å². The van der Waals surface area contributed by atoms with Crippen LogP contribution in [0.15, 0.2) is 0 Å². The van der Waals surface area contributed by atoms with Gasteiger partial charge in [0, 0.05) is 19.5 Å². The van der Waals surface area contributed by atoms with Crippen LogP contribution in [0.1, 0.15) is 84.5 Å². The Balaban J connectivity index is 0. The number of carbonyl (C=O) groups is 1. The minimum Gasteiger partial charge on any atom is -0.465 e. The third-order valence-corrected chi connectivity index (χ3v) is 3.86. The van der Waals surface area contributed by atoms with Crippen LogP contribution in [0.2, 0.25) is 0 Å². The summed E-state index contributed by atoms with van der Waals surface area (Å²) in [6.07, 6.45) is 14.0. The molecule has 0 N–H and O–H groups in total. The summed E-state index contributed by atoms with van der Waals surface area (Å²) in [7, 11) is 0. The Morgan fingerprint density at radius 2 is 1.35 bits per heavy atom. The van der Waals surface area contributed by atoms with E-state index in [2.05, 4.69) is 19.6 Å². The summed E-state index contributed by atoms with van der Waals surface area (Å²) >= 11 is 4.28. The first-order chi connectivity index (χ1) is 9.22. The van der Waals surface area contributed by atoms with Crippen LogP contribution in [0.3, 0.4) is 0 Å². The van der Waals surface area contributed by atoms with E-state index < -0.39 is 0 Å². The molecular weight excluding hydrogens is 322 g/mol. The van der Waals surface area contributed by atoms with E-state index in [0.29, 0.717) is 6.61 Å². The molecule has 0 radical (unpaired) electrons. The molecule has 0 aliphatic heterocycles. The maximum absolute atomic E-state index is 11.3. The monoisotopic (exact) mass is 352 g/mol. The van der Waals surface area contributed by atoms with Gasteiger partial charge in [-0.2, -0.15) is 12.6 Å². The number of carbonyl (C=O) groups excluding carboxylic acids is 1. The smallest absolute Gasteiger partial charge is 0.318 e. The fourth-order valence-electron chi connectivity index (χ4n) is 2.18. The molecule has 4 heteroatoms. The molecule has 1 atom stereocenters. The SMILES string of the molecule is CCCCCCCCCCCCC(S)C(=O)OCC.[Zn]. The summed E-state index contributed by atoms with van der Waals surface area (Å²) in [6.45, 7) is 4.54. The van der Waals surface area contributed by atoms with Gasteiger partial charge in [0.15, 0.2) is 0 Å². The van der Waals surface area contributed by atoms with Crippen molar-refractivity contribution in [2.24, 2.45) is 0 Å². The van der Waals surface area contributed by atoms with Crippen molar-refractivity contribution in [3.8, 4) is 0 Å². The maximum atomic E-state index is 11.3. The van der Waals surface area contributed by atoms with Gasteiger partial charge < -0.3 is 4.74 Å². The van der Waals surface area contributed by atoms with E-state index in [-0.39, 0.29) is 30.7 Å². The molecule has 0 saturated carbocycles. The van der Waals surface area contributed by atoms with Crippen LogP contribution < -0.4 is 0 Å². The predicted molar refractivity (Wildman–Crippen MR) is 85.9 cm³/mol. The molecule has 1 unspecified atom stereocenters. The average molecular weight is 354 g/mol. The Labute approximate surface area is 144 Å². The van der Waals surface area contributed by atoms with Crippen LogP contribution in [-0.4, -0.2) is 17.8 Å². The Bertz CT molecular complexity index is 213. The minimum absolute atomic E-state index is 0. The number of rotatable bonds is 13. The molecule has 0 rings (SSSR count). The maximum Gasteiger partial charge on any atom is 0.318 e. The number of unbranched alkanes of at least 4 members (excludes halogenated alkanes) is 9. The van der Waals surface area contributed by atoms with Gasteiger partial charge in [-0.1, -0.05) is 71.1 Å². The topological polar surface area (TPSA) is 26.3 Å². The van der Waals surface area contributed by atoms with Gasteiger partial charge in [0.1, 0.15) is 0 Å². The summed E-state index contributed by atoms with van der Waals surface area (Å²) in [5, 5.41) is -0.228. The molecule has 0 bridgehead atoms. The number of esters is 1. The predicted octanol–water partition coefficient (Wildman–Crippen LogP) is 5.16. The summed E-state index contributed by atoms with van der Waals surface area (Å²) < 4.78 is 4.93. The molecule has 0 amide bonds. The first-order valence-corrected chi connectivity index (χ1v) is 8.58. The van der Waals surface area contributed by atoms with E-state index in [1.807, 2.05) is 6.92 Å². The second kappa shape index (κ2) is 17.5. The first-order valence-electron chi connectivity index (χ1n) is 8.07. The van der Waals surface area contributed by atoms with Crippen molar-refractivity contribution in [3.63, 3.8) is 0 Å². The third-order valence-electron chi connectivity index (χ3n) is 3.39. The second-order valence-corrected chi connectivity index (χ2v) is 5.86. The van der Waals surface area contributed by atoms with Crippen molar-refractivity contribution in [2.75, 3.05) is 6.61 Å². The number of hydrogen-bond acceptors (Lipinski definition) is 3. The van der Waals surface area contributed by atoms with Gasteiger partial charge in [-0.3, -0.25) is 4.79 Å². The van der Waals surface area contributed by atoms with Gasteiger partial charge in [0.2, 0.25) is 0 Å². The van der Waals surface area contributed by atoms with E-state index in [4.69, 9.17) is 4.74 Å². The fraction of sp³-hybridized carbons (Fsp3) is 0.938. The molecule has 0 aromatic heterocycles.